The number of halogens is 3. The molecule has 0 aliphatic carbocycles. The number of carbonyl (C=O) groups excluding carboxylic acids is 2. The number of amides is 2. The van der Waals surface area contributed by atoms with E-state index in [-0.39, 0.29) is 12.1 Å². The van der Waals surface area contributed by atoms with E-state index in [9.17, 15) is 14.4 Å². The van der Waals surface area contributed by atoms with Crippen LogP contribution >= 0.6 is 34.8 Å². The van der Waals surface area contributed by atoms with Crippen molar-refractivity contribution in [3.05, 3.63) is 62.6 Å². The summed E-state index contributed by atoms with van der Waals surface area (Å²) in [7, 11) is 0. The Morgan fingerprint density at radius 1 is 1.10 bits per heavy atom. The van der Waals surface area contributed by atoms with E-state index < -0.39 is 30.2 Å². The van der Waals surface area contributed by atoms with Crippen molar-refractivity contribution in [3.63, 3.8) is 0 Å². The summed E-state index contributed by atoms with van der Waals surface area (Å²) in [5, 5.41) is 21.1. The second kappa shape index (κ2) is 11.4. The van der Waals surface area contributed by atoms with Crippen LogP contribution in [0.3, 0.4) is 0 Å². The molecule has 31 heavy (non-hydrogen) atoms. The molecule has 0 aliphatic heterocycles. The SMILES string of the molecule is NN=CNc1cc(C(=O)NCC(=O)NC(CC(=O)O)c2cc(Cl)cc(Cl)c2)ccc1Cl. The van der Waals surface area contributed by atoms with Crippen LogP contribution < -0.4 is 21.8 Å². The number of nitrogens with two attached hydrogens (primary N) is 1. The van der Waals surface area contributed by atoms with E-state index in [4.69, 9.17) is 45.8 Å². The molecule has 12 heteroatoms. The largest absolute Gasteiger partial charge is 0.481 e. The number of benzene rings is 2. The van der Waals surface area contributed by atoms with Crippen molar-refractivity contribution in [1.29, 1.82) is 0 Å². The third-order valence-corrected chi connectivity index (χ3v) is 4.70. The summed E-state index contributed by atoms with van der Waals surface area (Å²) in [4.78, 5) is 35.9. The smallest absolute Gasteiger partial charge is 0.305 e. The standard InChI is InChI=1S/C19H18Cl3N5O4/c20-12-3-11(4-13(21)6-12)15(7-18(29)30)27-17(28)8-24-19(31)10-1-2-14(22)16(5-10)25-9-26-23/h1-6,9,15H,7-8,23H2,(H,24,31)(H,25,26)(H,27,28)(H,29,30). The van der Waals surface area contributed by atoms with Gasteiger partial charge in [-0.15, -0.1) is 0 Å². The van der Waals surface area contributed by atoms with E-state index in [0.29, 0.717) is 26.3 Å². The Morgan fingerprint density at radius 2 is 1.77 bits per heavy atom. The van der Waals surface area contributed by atoms with Gasteiger partial charge in [-0.05, 0) is 42.0 Å². The predicted octanol–water partition coefficient (Wildman–Crippen LogP) is 3.02. The number of nitrogens with one attached hydrogen (secondary N) is 3. The first-order chi connectivity index (χ1) is 14.7. The number of rotatable bonds is 9. The molecule has 2 amide bonds. The predicted molar refractivity (Wildman–Crippen MR) is 120 cm³/mol. The first kappa shape index (κ1) is 24.3. The van der Waals surface area contributed by atoms with Crippen molar-refractivity contribution in [1.82, 2.24) is 10.6 Å². The first-order valence-electron chi connectivity index (χ1n) is 8.72. The summed E-state index contributed by atoms with van der Waals surface area (Å²) in [6.45, 7) is -0.390. The monoisotopic (exact) mass is 485 g/mol. The Balaban J connectivity index is 2.04. The number of nitrogens with zero attached hydrogens (tertiary/aromatic N) is 1. The van der Waals surface area contributed by atoms with Crippen LogP contribution in [0.25, 0.3) is 0 Å². The second-order valence-corrected chi connectivity index (χ2v) is 7.50. The lowest BCUT2D eigenvalue weighted by atomic mass is 10.0. The van der Waals surface area contributed by atoms with E-state index in [1.165, 1.54) is 42.7 Å². The zero-order chi connectivity index (χ0) is 23.0. The van der Waals surface area contributed by atoms with Crippen molar-refractivity contribution in [2.75, 3.05) is 11.9 Å². The Labute approximate surface area is 192 Å². The highest BCUT2D eigenvalue weighted by atomic mass is 35.5. The maximum absolute atomic E-state index is 12.4. The Bertz CT molecular complexity index is 996. The lowest BCUT2D eigenvalue weighted by Gasteiger charge is -2.18. The van der Waals surface area contributed by atoms with Crippen LogP contribution in [-0.2, 0) is 9.59 Å². The van der Waals surface area contributed by atoms with Crippen LogP contribution in [-0.4, -0.2) is 35.8 Å². The number of hydrogen-bond acceptors (Lipinski definition) is 5. The number of anilines is 1. The van der Waals surface area contributed by atoms with Gasteiger partial charge in [0.25, 0.3) is 5.91 Å². The van der Waals surface area contributed by atoms with Crippen molar-refractivity contribution >= 4 is 64.6 Å². The highest BCUT2D eigenvalue weighted by Crippen LogP contribution is 2.25. The number of carboxylic acid groups (broad SMARTS) is 1. The van der Waals surface area contributed by atoms with Gasteiger partial charge in [-0.1, -0.05) is 34.8 Å². The van der Waals surface area contributed by atoms with E-state index >= 15 is 0 Å². The van der Waals surface area contributed by atoms with Gasteiger partial charge in [-0.2, -0.15) is 5.10 Å². The molecule has 0 fully saturated rings. The molecule has 2 aromatic rings. The van der Waals surface area contributed by atoms with Crippen molar-refractivity contribution in [2.45, 2.75) is 12.5 Å². The van der Waals surface area contributed by atoms with E-state index in [2.05, 4.69) is 21.1 Å². The average Bonchev–Trinajstić information content (AvgIpc) is 2.70. The van der Waals surface area contributed by atoms with Gasteiger partial charge >= 0.3 is 5.97 Å². The molecular weight excluding hydrogens is 469 g/mol. The van der Waals surface area contributed by atoms with Gasteiger partial charge in [-0.25, -0.2) is 0 Å². The van der Waals surface area contributed by atoms with Gasteiger partial charge in [0.2, 0.25) is 5.91 Å². The summed E-state index contributed by atoms with van der Waals surface area (Å²) in [5.74, 6) is 2.75. The molecule has 2 aromatic carbocycles. The molecule has 0 saturated carbocycles. The molecule has 0 heterocycles. The summed E-state index contributed by atoms with van der Waals surface area (Å²) in [5.41, 5.74) is 1.05. The molecule has 0 saturated heterocycles. The molecule has 164 valence electrons. The fourth-order valence-electron chi connectivity index (χ4n) is 2.60. The number of aliphatic carboxylic acids is 1. The van der Waals surface area contributed by atoms with Crippen LogP contribution in [0.15, 0.2) is 41.5 Å². The maximum Gasteiger partial charge on any atom is 0.305 e. The normalized spacial score (nSPS) is 11.7. The van der Waals surface area contributed by atoms with E-state index in [1.807, 2.05) is 0 Å². The Hall–Kier alpha value is -3.01. The minimum Gasteiger partial charge on any atom is -0.481 e. The number of carboxylic acids is 1. The quantitative estimate of drug-likeness (QED) is 0.159. The zero-order valence-electron chi connectivity index (χ0n) is 15.9. The van der Waals surface area contributed by atoms with Gasteiger partial charge in [0, 0.05) is 15.6 Å². The van der Waals surface area contributed by atoms with Crippen LogP contribution in [0.5, 0.6) is 0 Å². The highest BCUT2D eigenvalue weighted by molar-refractivity contribution is 6.34. The molecule has 1 unspecified atom stereocenters. The third-order valence-electron chi connectivity index (χ3n) is 3.93. The van der Waals surface area contributed by atoms with Crippen molar-refractivity contribution in [3.8, 4) is 0 Å². The lowest BCUT2D eigenvalue weighted by Crippen LogP contribution is -2.39. The lowest BCUT2D eigenvalue weighted by molar-refractivity contribution is -0.137. The van der Waals surface area contributed by atoms with Gasteiger partial charge in [-0.3, -0.25) is 14.4 Å². The van der Waals surface area contributed by atoms with Crippen LogP contribution in [0.4, 0.5) is 5.69 Å². The summed E-state index contributed by atoms with van der Waals surface area (Å²) in [6.07, 6.45) is 0.798. The average molecular weight is 487 g/mol. The Kier molecular flexibility index (Phi) is 8.92. The van der Waals surface area contributed by atoms with E-state index in [1.54, 1.807) is 0 Å². The minimum absolute atomic E-state index is 0.230. The fraction of sp³-hybridized carbons (Fsp3) is 0.158. The molecule has 0 aromatic heterocycles. The first-order valence-corrected chi connectivity index (χ1v) is 9.86. The van der Waals surface area contributed by atoms with Gasteiger partial charge < -0.3 is 26.9 Å². The Morgan fingerprint density at radius 3 is 2.39 bits per heavy atom. The van der Waals surface area contributed by atoms with Gasteiger partial charge in [0.15, 0.2) is 0 Å². The highest BCUT2D eigenvalue weighted by Gasteiger charge is 2.20. The molecule has 6 N–H and O–H groups in total. The van der Waals surface area contributed by atoms with Crippen molar-refractivity contribution < 1.29 is 19.5 Å². The fourth-order valence-corrected chi connectivity index (χ4v) is 3.31. The molecule has 0 radical (unpaired) electrons. The summed E-state index contributed by atoms with van der Waals surface area (Å²) in [6, 6.07) is 8.04. The summed E-state index contributed by atoms with van der Waals surface area (Å²) >= 11 is 17.9. The molecule has 0 bridgehead atoms. The van der Waals surface area contributed by atoms with Crippen LogP contribution in [0.1, 0.15) is 28.4 Å². The number of carbonyl (C=O) groups is 3. The van der Waals surface area contributed by atoms with Gasteiger partial charge in [0.1, 0.15) is 6.34 Å². The topological polar surface area (TPSA) is 146 Å². The minimum atomic E-state index is -1.13. The molecule has 0 spiro atoms. The second-order valence-electron chi connectivity index (χ2n) is 6.22. The van der Waals surface area contributed by atoms with Gasteiger partial charge in [0.05, 0.1) is 29.7 Å². The number of hydrazone groups is 1. The van der Waals surface area contributed by atoms with E-state index in [0.717, 1.165) is 0 Å². The summed E-state index contributed by atoms with van der Waals surface area (Å²) < 4.78 is 0. The molecule has 0 aliphatic rings. The van der Waals surface area contributed by atoms with Crippen LogP contribution in [0, 0.1) is 0 Å². The maximum atomic E-state index is 12.4. The van der Waals surface area contributed by atoms with Crippen LogP contribution in [0.2, 0.25) is 15.1 Å². The van der Waals surface area contributed by atoms with Crippen molar-refractivity contribution in [2.24, 2.45) is 10.9 Å². The zero-order valence-corrected chi connectivity index (χ0v) is 18.1. The number of hydrogen-bond donors (Lipinski definition) is 5. The molecule has 9 nitrogen and oxygen atoms in total. The molecular formula is C19H18Cl3N5O4. The molecule has 1 atom stereocenters. The third kappa shape index (κ3) is 7.63. The molecule has 2 rings (SSSR count).